The Labute approximate surface area is 101 Å². The van der Waals surface area contributed by atoms with Crippen molar-refractivity contribution in [2.45, 2.75) is 33.7 Å². The summed E-state index contributed by atoms with van der Waals surface area (Å²) in [4.78, 5) is 25.4. The highest BCUT2D eigenvalue weighted by Gasteiger charge is 2.46. The Morgan fingerprint density at radius 2 is 1.62 bits per heavy atom. The minimum atomic E-state index is -0.456. The van der Waals surface area contributed by atoms with Crippen LogP contribution in [0.3, 0.4) is 0 Å². The van der Waals surface area contributed by atoms with E-state index in [0.717, 1.165) is 0 Å². The minimum absolute atomic E-state index is 0.0444. The van der Waals surface area contributed by atoms with Gasteiger partial charge in [0.15, 0.2) is 0 Å². The normalized spacial score (nSPS) is 27.7. The molecule has 0 spiro atoms. The maximum Gasteiger partial charge on any atom is 0.233 e. The van der Waals surface area contributed by atoms with E-state index in [2.05, 4.69) is 0 Å². The fourth-order valence-corrected chi connectivity index (χ4v) is 2.38. The summed E-state index contributed by atoms with van der Waals surface area (Å²) >= 11 is 4.94. The Hall–Kier alpha value is -0.970. The first-order valence-electron chi connectivity index (χ1n) is 5.45. The molecule has 0 radical (unpaired) electrons. The SMILES string of the molecule is CC(C)C(C(N)=S)N1C(=O)C(C)C(C)C1=O. The van der Waals surface area contributed by atoms with Gasteiger partial charge in [-0.2, -0.15) is 0 Å². The molecule has 1 saturated heterocycles. The second-order valence-corrected chi connectivity index (χ2v) is 5.19. The average molecular weight is 242 g/mol. The highest BCUT2D eigenvalue weighted by Crippen LogP contribution is 2.29. The Balaban J connectivity index is 3.07. The Kier molecular flexibility index (Phi) is 3.68. The fourth-order valence-electron chi connectivity index (χ4n) is 2.00. The number of likely N-dealkylation sites (tertiary alicyclic amines) is 1. The van der Waals surface area contributed by atoms with Crippen LogP contribution in [0.2, 0.25) is 0 Å². The van der Waals surface area contributed by atoms with E-state index in [0.29, 0.717) is 0 Å². The first-order valence-corrected chi connectivity index (χ1v) is 5.86. The van der Waals surface area contributed by atoms with Gasteiger partial charge in [0.05, 0.1) is 11.0 Å². The number of amides is 2. The van der Waals surface area contributed by atoms with Gasteiger partial charge in [0.25, 0.3) is 0 Å². The second-order valence-electron chi connectivity index (χ2n) is 4.72. The standard InChI is InChI=1S/C11H18N2O2S/c1-5(2)8(9(12)16)13-10(14)6(3)7(4)11(13)15/h5-8H,1-4H3,(H2,12,16). The maximum atomic E-state index is 12.0. The van der Waals surface area contributed by atoms with Crippen molar-refractivity contribution in [2.24, 2.45) is 23.5 Å². The topological polar surface area (TPSA) is 63.4 Å². The molecule has 1 aliphatic rings. The van der Waals surface area contributed by atoms with Gasteiger partial charge in [-0.25, -0.2) is 0 Å². The number of nitrogens with zero attached hydrogens (tertiary/aromatic N) is 1. The largest absolute Gasteiger partial charge is 0.392 e. The maximum absolute atomic E-state index is 12.0. The number of rotatable bonds is 3. The smallest absolute Gasteiger partial charge is 0.233 e. The van der Waals surface area contributed by atoms with Crippen molar-refractivity contribution in [3.63, 3.8) is 0 Å². The summed E-state index contributed by atoms with van der Waals surface area (Å²) in [6.45, 7) is 7.33. The highest BCUT2D eigenvalue weighted by molar-refractivity contribution is 7.80. The molecule has 90 valence electrons. The number of thiocarbonyl (C=S) groups is 1. The molecular formula is C11H18N2O2S. The molecule has 0 aromatic heterocycles. The minimum Gasteiger partial charge on any atom is -0.392 e. The van der Waals surface area contributed by atoms with Crippen molar-refractivity contribution in [1.29, 1.82) is 0 Å². The Morgan fingerprint density at radius 3 is 1.88 bits per heavy atom. The quantitative estimate of drug-likeness (QED) is 0.591. The summed E-state index contributed by atoms with van der Waals surface area (Å²) in [5.41, 5.74) is 5.62. The van der Waals surface area contributed by atoms with E-state index in [-0.39, 0.29) is 34.6 Å². The van der Waals surface area contributed by atoms with Gasteiger partial charge in [-0.1, -0.05) is 39.9 Å². The number of hydrogen-bond acceptors (Lipinski definition) is 3. The molecule has 1 fully saturated rings. The molecule has 0 saturated carbocycles. The van der Waals surface area contributed by atoms with Crippen molar-refractivity contribution in [2.75, 3.05) is 0 Å². The van der Waals surface area contributed by atoms with E-state index in [1.807, 2.05) is 13.8 Å². The first kappa shape index (κ1) is 13.1. The van der Waals surface area contributed by atoms with Crippen LogP contribution < -0.4 is 5.73 Å². The first-order chi connectivity index (χ1) is 7.29. The van der Waals surface area contributed by atoms with Gasteiger partial charge in [0, 0.05) is 11.8 Å². The number of carbonyl (C=O) groups excluding carboxylic acids is 2. The zero-order valence-corrected chi connectivity index (χ0v) is 10.9. The van der Waals surface area contributed by atoms with Crippen LogP contribution in [0.15, 0.2) is 0 Å². The van der Waals surface area contributed by atoms with Crippen molar-refractivity contribution in [3.05, 3.63) is 0 Å². The van der Waals surface area contributed by atoms with E-state index in [1.54, 1.807) is 13.8 Å². The summed E-state index contributed by atoms with van der Waals surface area (Å²) in [5.74, 6) is -0.831. The second kappa shape index (κ2) is 4.49. The van der Waals surface area contributed by atoms with Crippen LogP contribution in [0.5, 0.6) is 0 Å². The summed E-state index contributed by atoms with van der Waals surface area (Å²) in [7, 11) is 0. The van der Waals surface area contributed by atoms with E-state index in [1.165, 1.54) is 4.90 Å². The molecular weight excluding hydrogens is 224 g/mol. The molecule has 0 aliphatic carbocycles. The van der Waals surface area contributed by atoms with Gasteiger partial charge < -0.3 is 5.73 Å². The van der Waals surface area contributed by atoms with Gasteiger partial charge in [0.1, 0.15) is 0 Å². The van der Waals surface area contributed by atoms with Crippen LogP contribution in [0.25, 0.3) is 0 Å². The van der Waals surface area contributed by atoms with E-state index >= 15 is 0 Å². The van der Waals surface area contributed by atoms with E-state index in [9.17, 15) is 9.59 Å². The Morgan fingerprint density at radius 1 is 1.25 bits per heavy atom. The zero-order valence-electron chi connectivity index (χ0n) is 10.1. The molecule has 3 unspecified atom stereocenters. The molecule has 1 rings (SSSR count). The van der Waals surface area contributed by atoms with Crippen LogP contribution >= 0.6 is 12.2 Å². The number of carbonyl (C=O) groups is 2. The van der Waals surface area contributed by atoms with E-state index < -0.39 is 6.04 Å². The van der Waals surface area contributed by atoms with Crippen LogP contribution in [0.1, 0.15) is 27.7 Å². The monoisotopic (exact) mass is 242 g/mol. The summed E-state index contributed by atoms with van der Waals surface area (Å²) in [6.07, 6.45) is 0. The van der Waals surface area contributed by atoms with Crippen LogP contribution in [0.4, 0.5) is 0 Å². The van der Waals surface area contributed by atoms with Crippen molar-refractivity contribution >= 4 is 29.0 Å². The molecule has 4 nitrogen and oxygen atoms in total. The van der Waals surface area contributed by atoms with Gasteiger partial charge >= 0.3 is 0 Å². The molecule has 5 heteroatoms. The molecule has 2 N–H and O–H groups in total. The lowest BCUT2D eigenvalue weighted by atomic mass is 10.00. The highest BCUT2D eigenvalue weighted by atomic mass is 32.1. The van der Waals surface area contributed by atoms with Crippen molar-refractivity contribution in [1.82, 2.24) is 4.90 Å². The Bertz CT molecular complexity index is 321. The number of imide groups is 1. The third-order valence-electron chi connectivity index (χ3n) is 3.21. The number of hydrogen-bond donors (Lipinski definition) is 1. The molecule has 2 amide bonds. The van der Waals surface area contributed by atoms with Crippen LogP contribution in [-0.4, -0.2) is 27.7 Å². The van der Waals surface area contributed by atoms with Crippen molar-refractivity contribution < 1.29 is 9.59 Å². The lowest BCUT2D eigenvalue weighted by Crippen LogP contribution is -2.50. The van der Waals surface area contributed by atoms with Crippen LogP contribution in [-0.2, 0) is 9.59 Å². The average Bonchev–Trinajstić information content (AvgIpc) is 2.34. The van der Waals surface area contributed by atoms with Gasteiger partial charge in [0.2, 0.25) is 11.8 Å². The van der Waals surface area contributed by atoms with E-state index in [4.69, 9.17) is 18.0 Å². The summed E-state index contributed by atoms with van der Waals surface area (Å²) in [5, 5.41) is 0. The molecule has 0 aromatic rings. The lowest BCUT2D eigenvalue weighted by Gasteiger charge is -2.28. The molecule has 1 heterocycles. The molecule has 0 aromatic carbocycles. The van der Waals surface area contributed by atoms with Crippen LogP contribution in [0, 0.1) is 17.8 Å². The summed E-state index contributed by atoms with van der Waals surface area (Å²) in [6, 6.07) is -0.456. The van der Waals surface area contributed by atoms with Gasteiger partial charge in [-0.05, 0) is 5.92 Å². The van der Waals surface area contributed by atoms with Gasteiger partial charge in [-0.3, -0.25) is 14.5 Å². The third kappa shape index (κ3) is 1.96. The van der Waals surface area contributed by atoms with Crippen molar-refractivity contribution in [3.8, 4) is 0 Å². The predicted octanol–water partition coefficient (Wildman–Crippen LogP) is 0.938. The fraction of sp³-hybridized carbons (Fsp3) is 0.727. The zero-order chi connectivity index (χ0) is 12.6. The predicted molar refractivity (Wildman–Crippen MR) is 65.6 cm³/mol. The molecule has 16 heavy (non-hydrogen) atoms. The molecule has 0 bridgehead atoms. The van der Waals surface area contributed by atoms with Gasteiger partial charge in [-0.15, -0.1) is 0 Å². The molecule has 3 atom stereocenters. The third-order valence-corrected chi connectivity index (χ3v) is 3.45. The number of nitrogens with two attached hydrogens (primary N) is 1. The lowest BCUT2D eigenvalue weighted by molar-refractivity contribution is -0.141. The summed E-state index contributed by atoms with van der Waals surface area (Å²) < 4.78 is 0. The molecule has 1 aliphatic heterocycles.